The average molecular weight is 446 g/mol. The molecule has 1 atom stereocenters. The van der Waals surface area contributed by atoms with E-state index in [1.54, 1.807) is 17.0 Å². The lowest BCUT2D eigenvalue weighted by atomic mass is 10.1. The number of para-hydroxylation sites is 1. The Hall–Kier alpha value is -3.03. The van der Waals surface area contributed by atoms with Crippen molar-refractivity contribution in [2.75, 3.05) is 15.7 Å². The van der Waals surface area contributed by atoms with Crippen LogP contribution >= 0.6 is 23.5 Å². The second-order valence-corrected chi connectivity index (χ2v) is 9.82. The maximum atomic E-state index is 13.3. The largest absolute Gasteiger partial charge is 0.286 e. The number of ketones is 1. The van der Waals surface area contributed by atoms with Crippen LogP contribution in [0.15, 0.2) is 90.0 Å². The Labute approximate surface area is 189 Å². The van der Waals surface area contributed by atoms with Crippen molar-refractivity contribution in [1.29, 1.82) is 0 Å². The summed E-state index contributed by atoms with van der Waals surface area (Å²) in [6.07, 6.45) is 0. The van der Waals surface area contributed by atoms with E-state index in [1.807, 2.05) is 84.7 Å². The molecule has 0 saturated carbocycles. The van der Waals surface area contributed by atoms with Gasteiger partial charge in [-0.25, -0.2) is 5.01 Å². The molecule has 31 heavy (non-hydrogen) atoms. The third-order valence-corrected chi connectivity index (χ3v) is 7.94. The van der Waals surface area contributed by atoms with Gasteiger partial charge in [0, 0.05) is 11.3 Å². The molecule has 154 valence electrons. The first-order valence-electron chi connectivity index (χ1n) is 9.85. The van der Waals surface area contributed by atoms with Gasteiger partial charge in [-0.05, 0) is 43.0 Å². The zero-order chi connectivity index (χ0) is 21.4. The fourth-order valence-corrected chi connectivity index (χ4v) is 6.42. The van der Waals surface area contributed by atoms with E-state index in [-0.39, 0.29) is 11.7 Å². The monoisotopic (exact) mass is 445 g/mol. The summed E-state index contributed by atoms with van der Waals surface area (Å²) in [5.41, 5.74) is 3.32. The molecule has 0 aliphatic carbocycles. The van der Waals surface area contributed by atoms with E-state index in [9.17, 15) is 9.59 Å². The van der Waals surface area contributed by atoms with Crippen molar-refractivity contribution in [2.24, 2.45) is 5.10 Å². The van der Waals surface area contributed by atoms with Gasteiger partial charge in [-0.1, -0.05) is 78.0 Å². The fourth-order valence-electron chi connectivity index (χ4n) is 3.61. The van der Waals surface area contributed by atoms with Gasteiger partial charge in [0.25, 0.3) is 0 Å². The van der Waals surface area contributed by atoms with Gasteiger partial charge >= 0.3 is 0 Å². The summed E-state index contributed by atoms with van der Waals surface area (Å²) in [6.45, 7) is 2.02. The van der Waals surface area contributed by atoms with Crippen molar-refractivity contribution in [3.05, 3.63) is 96.1 Å². The Bertz CT molecular complexity index is 1170. The zero-order valence-electron chi connectivity index (χ0n) is 16.8. The fraction of sp³-hybridized carbons (Fsp3) is 0.125. The smallest absolute Gasteiger partial charge is 0.243 e. The van der Waals surface area contributed by atoms with Gasteiger partial charge in [0.05, 0.1) is 11.4 Å². The second-order valence-electron chi connectivity index (χ2n) is 7.25. The van der Waals surface area contributed by atoms with Crippen LogP contribution < -0.4 is 9.91 Å². The van der Waals surface area contributed by atoms with Gasteiger partial charge in [0.2, 0.25) is 16.0 Å². The van der Waals surface area contributed by atoms with Crippen molar-refractivity contribution in [3.63, 3.8) is 0 Å². The van der Waals surface area contributed by atoms with Crippen LogP contribution in [-0.2, 0) is 4.79 Å². The molecule has 3 aromatic rings. The minimum Gasteiger partial charge on any atom is -0.286 e. The van der Waals surface area contributed by atoms with Crippen LogP contribution in [0.25, 0.3) is 0 Å². The van der Waals surface area contributed by atoms with Crippen LogP contribution in [0, 0.1) is 6.92 Å². The van der Waals surface area contributed by atoms with Crippen molar-refractivity contribution in [2.45, 2.75) is 11.3 Å². The number of benzene rings is 3. The molecule has 2 aliphatic rings. The van der Waals surface area contributed by atoms with Crippen molar-refractivity contribution in [1.82, 2.24) is 0 Å². The molecule has 0 radical (unpaired) electrons. The summed E-state index contributed by atoms with van der Waals surface area (Å²) < 4.78 is -0.895. The van der Waals surface area contributed by atoms with E-state index in [1.165, 1.54) is 23.5 Å². The molecule has 7 heteroatoms. The minimum atomic E-state index is -0.895. The first-order chi connectivity index (χ1) is 15.1. The highest BCUT2D eigenvalue weighted by Crippen LogP contribution is 2.55. The molecule has 0 N–H and O–H groups in total. The van der Waals surface area contributed by atoms with E-state index in [2.05, 4.69) is 0 Å². The molecule has 1 saturated heterocycles. The number of nitrogens with zero attached hydrogens (tertiary/aromatic N) is 3. The Morgan fingerprint density at radius 1 is 0.903 bits per heavy atom. The van der Waals surface area contributed by atoms with Crippen LogP contribution in [0.3, 0.4) is 0 Å². The summed E-state index contributed by atoms with van der Waals surface area (Å²) in [5, 5.41) is 6.94. The first kappa shape index (κ1) is 19.9. The number of hydrazone groups is 1. The number of carbonyl (C=O) groups is 2. The Morgan fingerprint density at radius 2 is 1.55 bits per heavy atom. The first-order valence-corrected chi connectivity index (χ1v) is 11.6. The van der Waals surface area contributed by atoms with Crippen LogP contribution in [-0.4, -0.2) is 26.8 Å². The Kier molecular flexibility index (Phi) is 5.08. The standard InChI is InChI=1S/C24H19N3O2S2/c1-17-12-14-20(15-13-17)27-24(26(21(28)16-30-24)19-10-6-3-7-11-19)31-23(25-27)22(29)18-8-4-2-5-9-18/h2-15H,16H2,1H3/t24-/m0/s1. The number of anilines is 2. The van der Waals surface area contributed by atoms with Crippen LogP contribution in [0.1, 0.15) is 15.9 Å². The van der Waals surface area contributed by atoms with Gasteiger partial charge in [-0.2, -0.15) is 5.10 Å². The lowest BCUT2D eigenvalue weighted by Crippen LogP contribution is -2.51. The molecule has 3 aromatic carbocycles. The van der Waals surface area contributed by atoms with Gasteiger partial charge in [-0.15, -0.1) is 0 Å². The summed E-state index contributed by atoms with van der Waals surface area (Å²) in [6, 6.07) is 26.7. The number of hydrogen-bond acceptors (Lipinski definition) is 6. The molecular weight excluding hydrogens is 426 g/mol. The van der Waals surface area contributed by atoms with E-state index < -0.39 is 4.33 Å². The number of thioether (sulfide) groups is 2. The van der Waals surface area contributed by atoms with Crippen LogP contribution in [0.2, 0.25) is 0 Å². The van der Waals surface area contributed by atoms with E-state index in [0.29, 0.717) is 16.4 Å². The highest BCUT2D eigenvalue weighted by molar-refractivity contribution is 8.28. The zero-order valence-corrected chi connectivity index (χ0v) is 18.4. The van der Waals surface area contributed by atoms with E-state index in [4.69, 9.17) is 5.10 Å². The molecule has 5 nitrogen and oxygen atoms in total. The normalized spacial score (nSPS) is 20.4. The molecule has 1 fully saturated rings. The Balaban J connectivity index is 1.62. The predicted octanol–water partition coefficient (Wildman–Crippen LogP) is 5.14. The van der Waals surface area contributed by atoms with Gasteiger partial charge in [0.15, 0.2) is 5.04 Å². The lowest BCUT2D eigenvalue weighted by molar-refractivity contribution is -0.115. The third-order valence-electron chi connectivity index (χ3n) is 5.13. The van der Waals surface area contributed by atoms with Crippen LogP contribution in [0.4, 0.5) is 11.4 Å². The maximum absolute atomic E-state index is 13.3. The highest BCUT2D eigenvalue weighted by Gasteiger charge is 2.57. The second kappa shape index (κ2) is 7.90. The molecule has 1 spiro atoms. The summed E-state index contributed by atoms with van der Waals surface area (Å²) >= 11 is 2.82. The lowest BCUT2D eigenvalue weighted by Gasteiger charge is -2.39. The summed E-state index contributed by atoms with van der Waals surface area (Å²) in [4.78, 5) is 28.1. The molecule has 2 aliphatic heterocycles. The topological polar surface area (TPSA) is 53.0 Å². The average Bonchev–Trinajstić information content (AvgIpc) is 3.35. The third kappa shape index (κ3) is 3.43. The molecule has 1 amide bonds. The van der Waals surface area contributed by atoms with Gasteiger partial charge in [-0.3, -0.25) is 14.5 Å². The maximum Gasteiger partial charge on any atom is 0.243 e. The summed E-state index contributed by atoms with van der Waals surface area (Å²) in [5.74, 6) is 0.157. The van der Waals surface area contributed by atoms with E-state index >= 15 is 0 Å². The molecule has 0 bridgehead atoms. The van der Waals surface area contributed by atoms with Crippen molar-refractivity contribution >= 4 is 51.6 Å². The summed E-state index contributed by atoms with van der Waals surface area (Å²) in [7, 11) is 0. The molecule has 2 heterocycles. The SMILES string of the molecule is Cc1ccc(N2N=C(C(=O)c3ccccc3)S[C@]23SCC(=O)N3c2ccccc2)cc1. The van der Waals surface area contributed by atoms with Crippen molar-refractivity contribution < 1.29 is 9.59 Å². The number of amides is 1. The molecular formula is C24H19N3O2S2. The predicted molar refractivity (Wildman–Crippen MR) is 129 cm³/mol. The van der Waals surface area contributed by atoms with Gasteiger partial charge < -0.3 is 0 Å². The Morgan fingerprint density at radius 3 is 2.23 bits per heavy atom. The molecule has 0 unspecified atom stereocenters. The van der Waals surface area contributed by atoms with E-state index in [0.717, 1.165) is 16.9 Å². The minimum absolute atomic E-state index is 0.00979. The number of aryl methyl sites for hydroxylation is 1. The number of rotatable bonds is 4. The van der Waals surface area contributed by atoms with Crippen LogP contribution in [0.5, 0.6) is 0 Å². The van der Waals surface area contributed by atoms with Crippen molar-refractivity contribution in [3.8, 4) is 0 Å². The van der Waals surface area contributed by atoms with Gasteiger partial charge in [0.1, 0.15) is 0 Å². The molecule has 5 rings (SSSR count). The molecule has 0 aromatic heterocycles. The number of hydrogen-bond donors (Lipinski definition) is 0. The number of Topliss-reactive ketones (excluding diaryl/α,β-unsaturated/α-hetero) is 1. The quantitative estimate of drug-likeness (QED) is 0.521. The number of carbonyl (C=O) groups excluding carboxylic acids is 2. The highest BCUT2D eigenvalue weighted by atomic mass is 32.2.